The maximum absolute atomic E-state index is 10.9. The van der Waals surface area contributed by atoms with Crippen molar-refractivity contribution in [2.45, 2.75) is 10.1 Å². The number of para-hydroxylation sites is 1. The molecule has 0 N–H and O–H groups in total. The number of benzene rings is 1. The average molecular weight is 250 g/mol. The fourth-order valence-corrected chi connectivity index (χ4v) is 1.85. The van der Waals surface area contributed by atoms with Gasteiger partial charge in [-0.3, -0.25) is 0 Å². The Balaban J connectivity index is 2.81. The van der Waals surface area contributed by atoms with Gasteiger partial charge in [0.2, 0.25) is 0 Å². The summed E-state index contributed by atoms with van der Waals surface area (Å²) in [5.41, 5.74) is 0.729. The second kappa shape index (κ2) is 3.15. The summed E-state index contributed by atoms with van der Waals surface area (Å²) in [6.45, 7) is 0. The fourth-order valence-electron chi connectivity index (χ4n) is 1.02. The summed E-state index contributed by atoms with van der Waals surface area (Å²) in [6, 6.07) is 4.98. The zero-order chi connectivity index (χ0) is 10.3. The molecular weight excluding hydrogens is 246 g/mol. The predicted octanol–water partition coefficient (Wildman–Crippen LogP) is 2.04. The van der Waals surface area contributed by atoms with Crippen LogP contribution in [0.5, 0.6) is 0 Å². The maximum atomic E-state index is 10.9. The number of rotatable bonds is 1. The molecule has 0 amide bonds. The van der Waals surface area contributed by atoms with E-state index in [1.165, 1.54) is 0 Å². The molecule has 1 aromatic carbocycles. The van der Waals surface area contributed by atoms with Crippen molar-refractivity contribution in [1.82, 2.24) is 4.98 Å². The molecule has 0 saturated heterocycles. The van der Waals surface area contributed by atoms with Crippen LogP contribution in [0.3, 0.4) is 0 Å². The SMILES string of the molecule is O=S(=O)(Cl)c1nc2cccc(S)c2o1. The molecular formula is C7H4ClNO3S2. The summed E-state index contributed by atoms with van der Waals surface area (Å²) in [7, 11) is 1.15. The lowest BCUT2D eigenvalue weighted by Crippen LogP contribution is -1.88. The molecule has 0 aliphatic rings. The van der Waals surface area contributed by atoms with Crippen LogP contribution in [0.4, 0.5) is 0 Å². The number of halogens is 1. The second-order valence-electron chi connectivity index (χ2n) is 2.54. The second-order valence-corrected chi connectivity index (χ2v) is 5.47. The number of hydrogen-bond donors (Lipinski definition) is 1. The van der Waals surface area contributed by atoms with Crippen molar-refractivity contribution in [3.05, 3.63) is 18.2 Å². The predicted molar refractivity (Wildman–Crippen MR) is 54.3 cm³/mol. The third-order valence-corrected chi connectivity index (χ3v) is 2.92. The quantitative estimate of drug-likeness (QED) is 0.621. The normalized spacial score (nSPS) is 12.1. The van der Waals surface area contributed by atoms with Gasteiger partial charge in [-0.05, 0) is 12.1 Å². The molecule has 2 rings (SSSR count). The van der Waals surface area contributed by atoms with Gasteiger partial charge in [0, 0.05) is 15.6 Å². The Labute approximate surface area is 89.7 Å². The van der Waals surface area contributed by atoms with Crippen molar-refractivity contribution >= 4 is 43.5 Å². The molecule has 74 valence electrons. The number of aromatic nitrogens is 1. The molecule has 2 aromatic rings. The molecule has 0 radical (unpaired) electrons. The number of oxazole rings is 1. The number of hydrogen-bond acceptors (Lipinski definition) is 5. The molecule has 7 heteroatoms. The highest BCUT2D eigenvalue weighted by molar-refractivity contribution is 8.13. The van der Waals surface area contributed by atoms with Crippen LogP contribution >= 0.6 is 23.3 Å². The van der Waals surface area contributed by atoms with Crippen LogP contribution in [0.2, 0.25) is 0 Å². The molecule has 1 aromatic heterocycles. The summed E-state index contributed by atoms with van der Waals surface area (Å²) in [4.78, 5) is 4.22. The van der Waals surface area contributed by atoms with Crippen molar-refractivity contribution in [2.24, 2.45) is 0 Å². The van der Waals surface area contributed by atoms with Gasteiger partial charge in [-0.25, -0.2) is 8.42 Å². The van der Waals surface area contributed by atoms with Crippen LogP contribution < -0.4 is 0 Å². The van der Waals surface area contributed by atoms with Gasteiger partial charge in [0.1, 0.15) is 5.52 Å². The zero-order valence-corrected chi connectivity index (χ0v) is 9.10. The molecule has 0 bridgehead atoms. The Kier molecular flexibility index (Phi) is 2.21. The van der Waals surface area contributed by atoms with Crippen molar-refractivity contribution in [3.63, 3.8) is 0 Å². The topological polar surface area (TPSA) is 60.2 Å². The van der Waals surface area contributed by atoms with Crippen LogP contribution in [0.1, 0.15) is 0 Å². The Bertz CT molecular complexity index is 590. The van der Waals surface area contributed by atoms with Crippen LogP contribution in [0, 0.1) is 0 Å². The minimum atomic E-state index is -3.92. The first-order valence-corrected chi connectivity index (χ1v) is 6.27. The number of nitrogens with zero attached hydrogens (tertiary/aromatic N) is 1. The highest BCUT2D eigenvalue weighted by atomic mass is 35.7. The molecule has 0 spiro atoms. The van der Waals surface area contributed by atoms with E-state index in [2.05, 4.69) is 17.6 Å². The van der Waals surface area contributed by atoms with Gasteiger partial charge in [0.05, 0.1) is 0 Å². The Morgan fingerprint density at radius 3 is 2.71 bits per heavy atom. The molecule has 14 heavy (non-hydrogen) atoms. The first-order chi connectivity index (χ1) is 6.48. The van der Waals surface area contributed by atoms with Crippen molar-refractivity contribution in [2.75, 3.05) is 0 Å². The molecule has 4 nitrogen and oxygen atoms in total. The van der Waals surface area contributed by atoms with E-state index in [9.17, 15) is 8.42 Å². The lowest BCUT2D eigenvalue weighted by molar-refractivity contribution is 0.461. The zero-order valence-electron chi connectivity index (χ0n) is 6.64. The van der Waals surface area contributed by atoms with Crippen molar-refractivity contribution < 1.29 is 12.8 Å². The van der Waals surface area contributed by atoms with Crippen LogP contribution in [0.25, 0.3) is 11.1 Å². The first-order valence-electron chi connectivity index (χ1n) is 3.51. The van der Waals surface area contributed by atoms with Crippen molar-refractivity contribution in [3.8, 4) is 0 Å². The van der Waals surface area contributed by atoms with Gasteiger partial charge >= 0.3 is 14.3 Å². The van der Waals surface area contributed by atoms with Crippen LogP contribution in [-0.4, -0.2) is 13.4 Å². The number of fused-ring (bicyclic) bond motifs is 1. The van der Waals surface area contributed by atoms with E-state index in [1.807, 2.05) is 0 Å². The summed E-state index contributed by atoms with van der Waals surface area (Å²) in [6.07, 6.45) is 0. The van der Waals surface area contributed by atoms with Crippen molar-refractivity contribution in [1.29, 1.82) is 0 Å². The van der Waals surface area contributed by atoms with Gasteiger partial charge in [-0.1, -0.05) is 6.07 Å². The van der Waals surface area contributed by atoms with Crippen LogP contribution in [0.15, 0.2) is 32.7 Å². The summed E-state index contributed by atoms with van der Waals surface area (Å²) in [5.74, 6) is 0. The van der Waals surface area contributed by atoms with Gasteiger partial charge in [-0.15, -0.1) is 12.6 Å². The lowest BCUT2D eigenvalue weighted by Gasteiger charge is -1.88. The minimum Gasteiger partial charge on any atom is -0.426 e. The monoisotopic (exact) mass is 249 g/mol. The standard InChI is InChI=1S/C7H4ClNO3S2/c8-14(10,11)7-9-4-2-1-3-5(13)6(4)12-7/h1-3,13H. The Morgan fingerprint density at radius 1 is 1.43 bits per heavy atom. The highest BCUT2D eigenvalue weighted by Crippen LogP contribution is 2.25. The summed E-state index contributed by atoms with van der Waals surface area (Å²) < 4.78 is 26.8. The van der Waals surface area contributed by atoms with Gasteiger partial charge < -0.3 is 4.42 Å². The fraction of sp³-hybridized carbons (Fsp3) is 0. The highest BCUT2D eigenvalue weighted by Gasteiger charge is 2.19. The minimum absolute atomic E-state index is 0.315. The lowest BCUT2D eigenvalue weighted by atomic mass is 10.3. The van der Waals surface area contributed by atoms with E-state index in [0.29, 0.717) is 16.0 Å². The maximum Gasteiger partial charge on any atom is 0.332 e. The van der Waals surface area contributed by atoms with Crippen LogP contribution in [-0.2, 0) is 9.05 Å². The summed E-state index contributed by atoms with van der Waals surface area (Å²) >= 11 is 4.09. The molecule has 0 aliphatic carbocycles. The van der Waals surface area contributed by atoms with E-state index >= 15 is 0 Å². The van der Waals surface area contributed by atoms with E-state index in [0.717, 1.165) is 0 Å². The smallest absolute Gasteiger partial charge is 0.332 e. The van der Waals surface area contributed by atoms with Gasteiger partial charge in [-0.2, -0.15) is 4.98 Å². The average Bonchev–Trinajstić information content (AvgIpc) is 2.48. The van der Waals surface area contributed by atoms with E-state index in [4.69, 9.17) is 15.1 Å². The largest absolute Gasteiger partial charge is 0.426 e. The number of thiol groups is 1. The molecule has 0 atom stereocenters. The first kappa shape index (κ1) is 9.82. The molecule has 0 aliphatic heterocycles. The third-order valence-electron chi connectivity index (χ3n) is 1.58. The third kappa shape index (κ3) is 1.60. The van der Waals surface area contributed by atoms with E-state index in [1.54, 1.807) is 18.2 Å². The van der Waals surface area contributed by atoms with Gasteiger partial charge in [0.25, 0.3) is 0 Å². The molecule has 0 fully saturated rings. The summed E-state index contributed by atoms with van der Waals surface area (Å²) in [5, 5.41) is -0.504. The van der Waals surface area contributed by atoms with E-state index < -0.39 is 14.3 Å². The van der Waals surface area contributed by atoms with E-state index in [-0.39, 0.29) is 0 Å². The molecule has 0 unspecified atom stereocenters. The molecule has 0 saturated carbocycles. The molecule has 1 heterocycles. The van der Waals surface area contributed by atoms with Gasteiger partial charge in [0.15, 0.2) is 5.58 Å². The Hall–Kier alpha value is -0.720. The Morgan fingerprint density at radius 2 is 2.14 bits per heavy atom.